The SMILES string of the molecule is COC1CCN(S(=O)(=O)c2cc(N)c(C)c(F)c2)C1. The molecule has 0 spiro atoms. The molecule has 1 atom stereocenters. The smallest absolute Gasteiger partial charge is 0.243 e. The third kappa shape index (κ3) is 2.58. The number of sulfonamides is 1. The molecule has 0 bridgehead atoms. The first-order valence-electron chi connectivity index (χ1n) is 5.95. The highest BCUT2D eigenvalue weighted by Gasteiger charge is 2.33. The number of nitrogens with two attached hydrogens (primary N) is 1. The van der Waals surface area contributed by atoms with E-state index in [1.165, 1.54) is 17.3 Å². The Morgan fingerprint density at radius 1 is 1.47 bits per heavy atom. The molecule has 19 heavy (non-hydrogen) atoms. The second-order valence-electron chi connectivity index (χ2n) is 4.63. The zero-order chi connectivity index (χ0) is 14.2. The number of nitrogens with zero attached hydrogens (tertiary/aromatic N) is 1. The van der Waals surface area contributed by atoms with Crippen LogP contribution in [0.3, 0.4) is 0 Å². The van der Waals surface area contributed by atoms with Crippen LogP contribution in [0.5, 0.6) is 0 Å². The first-order valence-corrected chi connectivity index (χ1v) is 7.39. The highest BCUT2D eigenvalue weighted by Crippen LogP contribution is 2.26. The Hall–Kier alpha value is -1.18. The molecule has 1 saturated heterocycles. The lowest BCUT2D eigenvalue weighted by molar-refractivity contribution is 0.115. The Morgan fingerprint density at radius 2 is 2.16 bits per heavy atom. The molecule has 1 aromatic carbocycles. The monoisotopic (exact) mass is 288 g/mol. The molecule has 0 amide bonds. The fourth-order valence-corrected chi connectivity index (χ4v) is 3.62. The maximum Gasteiger partial charge on any atom is 0.243 e. The van der Waals surface area contributed by atoms with E-state index >= 15 is 0 Å². The van der Waals surface area contributed by atoms with Gasteiger partial charge in [-0.15, -0.1) is 0 Å². The van der Waals surface area contributed by atoms with E-state index in [0.717, 1.165) is 6.07 Å². The summed E-state index contributed by atoms with van der Waals surface area (Å²) in [5, 5.41) is 0. The summed E-state index contributed by atoms with van der Waals surface area (Å²) in [5.74, 6) is -0.610. The normalized spacial score (nSPS) is 20.9. The first-order chi connectivity index (χ1) is 8.86. The van der Waals surface area contributed by atoms with Gasteiger partial charge in [-0.2, -0.15) is 4.31 Å². The van der Waals surface area contributed by atoms with Crippen molar-refractivity contribution in [2.45, 2.75) is 24.3 Å². The Kier molecular flexibility index (Phi) is 3.80. The third-order valence-electron chi connectivity index (χ3n) is 3.44. The van der Waals surface area contributed by atoms with Gasteiger partial charge >= 0.3 is 0 Å². The second kappa shape index (κ2) is 5.07. The standard InChI is InChI=1S/C12H17FN2O3S/c1-8-11(13)5-10(6-12(8)14)19(16,17)15-4-3-9(7-15)18-2/h5-6,9H,3-4,7,14H2,1-2H3. The number of halogens is 1. The van der Waals surface area contributed by atoms with E-state index in [1.54, 1.807) is 7.11 Å². The summed E-state index contributed by atoms with van der Waals surface area (Å²) in [7, 11) is -2.16. The van der Waals surface area contributed by atoms with Gasteiger partial charge in [-0.1, -0.05) is 0 Å². The van der Waals surface area contributed by atoms with E-state index in [0.29, 0.717) is 13.0 Å². The predicted molar refractivity (Wildman–Crippen MR) is 69.7 cm³/mol. The number of rotatable bonds is 3. The largest absolute Gasteiger partial charge is 0.398 e. The molecular weight excluding hydrogens is 271 g/mol. The van der Waals surface area contributed by atoms with Crippen molar-refractivity contribution >= 4 is 15.7 Å². The summed E-state index contributed by atoms with van der Waals surface area (Å²) in [6.07, 6.45) is 0.530. The topological polar surface area (TPSA) is 72.6 Å². The van der Waals surface area contributed by atoms with E-state index in [9.17, 15) is 12.8 Å². The molecular formula is C12H17FN2O3S. The van der Waals surface area contributed by atoms with Crippen molar-refractivity contribution in [3.8, 4) is 0 Å². The Morgan fingerprint density at radius 3 is 2.68 bits per heavy atom. The van der Waals surface area contributed by atoms with Gasteiger partial charge in [-0.05, 0) is 25.5 Å². The van der Waals surface area contributed by atoms with Crippen LogP contribution in [-0.4, -0.2) is 39.0 Å². The van der Waals surface area contributed by atoms with Crippen molar-refractivity contribution in [3.63, 3.8) is 0 Å². The van der Waals surface area contributed by atoms with Crippen molar-refractivity contribution in [1.82, 2.24) is 4.31 Å². The summed E-state index contributed by atoms with van der Waals surface area (Å²) in [6, 6.07) is 2.31. The van der Waals surface area contributed by atoms with Crippen LogP contribution in [0.2, 0.25) is 0 Å². The maximum atomic E-state index is 13.6. The van der Waals surface area contributed by atoms with Gasteiger partial charge in [-0.25, -0.2) is 12.8 Å². The van der Waals surface area contributed by atoms with Crippen LogP contribution in [0.15, 0.2) is 17.0 Å². The molecule has 1 aliphatic heterocycles. The van der Waals surface area contributed by atoms with Crippen molar-refractivity contribution in [2.24, 2.45) is 0 Å². The summed E-state index contributed by atoms with van der Waals surface area (Å²) in [6.45, 7) is 2.17. The molecule has 5 nitrogen and oxygen atoms in total. The van der Waals surface area contributed by atoms with Gasteiger partial charge in [0.05, 0.1) is 11.0 Å². The molecule has 0 aromatic heterocycles. The Bertz CT molecular complexity index is 566. The number of anilines is 1. The predicted octanol–water partition coefficient (Wildman–Crippen LogP) is 1.13. The molecule has 1 unspecified atom stereocenters. The molecule has 2 N–H and O–H groups in total. The van der Waals surface area contributed by atoms with Crippen LogP contribution < -0.4 is 5.73 Å². The molecule has 0 aliphatic carbocycles. The zero-order valence-corrected chi connectivity index (χ0v) is 11.7. The van der Waals surface area contributed by atoms with E-state index in [-0.39, 0.29) is 28.8 Å². The van der Waals surface area contributed by atoms with Crippen LogP contribution >= 0.6 is 0 Å². The molecule has 1 heterocycles. The van der Waals surface area contributed by atoms with Crippen LogP contribution in [0.1, 0.15) is 12.0 Å². The molecule has 1 aromatic rings. The van der Waals surface area contributed by atoms with E-state index in [1.807, 2.05) is 0 Å². The zero-order valence-electron chi connectivity index (χ0n) is 10.9. The molecule has 0 saturated carbocycles. The van der Waals surface area contributed by atoms with Gasteiger partial charge in [0.25, 0.3) is 0 Å². The third-order valence-corrected chi connectivity index (χ3v) is 5.28. The summed E-state index contributed by atoms with van der Waals surface area (Å²) >= 11 is 0. The fraction of sp³-hybridized carbons (Fsp3) is 0.500. The lowest BCUT2D eigenvalue weighted by atomic mass is 10.2. The lowest BCUT2D eigenvalue weighted by Gasteiger charge is -2.17. The molecule has 106 valence electrons. The molecule has 0 radical (unpaired) electrons. The summed E-state index contributed by atoms with van der Waals surface area (Å²) in [4.78, 5) is -0.107. The van der Waals surface area contributed by atoms with Crippen molar-refractivity contribution in [2.75, 3.05) is 25.9 Å². The minimum Gasteiger partial charge on any atom is -0.398 e. The first kappa shape index (κ1) is 14.2. The lowest BCUT2D eigenvalue weighted by Crippen LogP contribution is -2.30. The van der Waals surface area contributed by atoms with Crippen LogP contribution in [0.25, 0.3) is 0 Å². The summed E-state index contributed by atoms with van der Waals surface area (Å²) < 4.78 is 44.8. The quantitative estimate of drug-likeness (QED) is 0.846. The number of methoxy groups -OCH3 is 1. The number of hydrogen-bond acceptors (Lipinski definition) is 4. The number of hydrogen-bond donors (Lipinski definition) is 1. The van der Waals surface area contributed by atoms with Gasteiger partial charge in [0.1, 0.15) is 5.82 Å². The Labute approximate surface area is 112 Å². The molecule has 1 fully saturated rings. The molecule has 1 aliphatic rings. The average Bonchev–Trinajstić information content (AvgIpc) is 2.84. The highest BCUT2D eigenvalue weighted by atomic mass is 32.2. The van der Waals surface area contributed by atoms with Gasteiger partial charge in [0, 0.05) is 31.5 Å². The minimum atomic E-state index is -3.71. The molecule has 2 rings (SSSR count). The fourth-order valence-electron chi connectivity index (χ4n) is 2.08. The van der Waals surface area contributed by atoms with Crippen molar-refractivity contribution < 1.29 is 17.5 Å². The average molecular weight is 288 g/mol. The van der Waals surface area contributed by atoms with Crippen LogP contribution in [0.4, 0.5) is 10.1 Å². The van der Waals surface area contributed by atoms with Crippen molar-refractivity contribution in [1.29, 1.82) is 0 Å². The van der Waals surface area contributed by atoms with Gasteiger partial charge in [0.15, 0.2) is 0 Å². The minimum absolute atomic E-state index is 0.107. The van der Waals surface area contributed by atoms with Gasteiger partial charge < -0.3 is 10.5 Å². The van der Waals surface area contributed by atoms with Gasteiger partial charge in [-0.3, -0.25) is 0 Å². The number of ether oxygens (including phenoxy) is 1. The maximum absolute atomic E-state index is 13.6. The molecule has 7 heteroatoms. The highest BCUT2D eigenvalue weighted by molar-refractivity contribution is 7.89. The second-order valence-corrected chi connectivity index (χ2v) is 6.57. The Balaban J connectivity index is 2.35. The van der Waals surface area contributed by atoms with Gasteiger partial charge in [0.2, 0.25) is 10.0 Å². The van der Waals surface area contributed by atoms with Crippen LogP contribution in [-0.2, 0) is 14.8 Å². The van der Waals surface area contributed by atoms with E-state index < -0.39 is 15.8 Å². The number of nitrogen functional groups attached to an aromatic ring is 1. The van der Waals surface area contributed by atoms with Crippen LogP contribution in [0, 0.1) is 12.7 Å². The number of benzene rings is 1. The summed E-state index contributed by atoms with van der Waals surface area (Å²) in [5.41, 5.74) is 6.02. The van der Waals surface area contributed by atoms with Crippen molar-refractivity contribution in [3.05, 3.63) is 23.5 Å². The van der Waals surface area contributed by atoms with E-state index in [2.05, 4.69) is 0 Å². The van der Waals surface area contributed by atoms with E-state index in [4.69, 9.17) is 10.5 Å².